The Morgan fingerprint density at radius 2 is 2.00 bits per heavy atom. The number of aromatic nitrogens is 1. The topological polar surface area (TPSA) is 28.2 Å². The maximum absolute atomic E-state index is 12.8. The van der Waals surface area contributed by atoms with Gasteiger partial charge >= 0.3 is 0 Å². The molecule has 1 aliphatic rings. The van der Waals surface area contributed by atoms with Crippen LogP contribution in [-0.4, -0.2) is 31.2 Å². The third-order valence-corrected chi connectivity index (χ3v) is 3.73. The van der Waals surface area contributed by atoms with Gasteiger partial charge in [0.25, 0.3) is 0 Å². The van der Waals surface area contributed by atoms with Gasteiger partial charge in [0.05, 0.1) is 6.20 Å². The second-order valence-corrected chi connectivity index (χ2v) is 4.74. The molecule has 0 amide bonds. The summed E-state index contributed by atoms with van der Waals surface area (Å²) in [6.07, 6.45) is 6.02. The van der Waals surface area contributed by atoms with Crippen LogP contribution in [0.2, 0.25) is 0 Å². The SMILES string of the molecule is CNC1CCC(N(C)c2ccc(F)cn2)CC1. The van der Waals surface area contributed by atoms with Gasteiger partial charge in [0.15, 0.2) is 0 Å². The quantitative estimate of drug-likeness (QED) is 0.873. The van der Waals surface area contributed by atoms with Crippen molar-refractivity contribution in [2.24, 2.45) is 0 Å². The molecule has 0 aromatic carbocycles. The zero-order valence-corrected chi connectivity index (χ0v) is 10.5. The van der Waals surface area contributed by atoms with Crippen LogP contribution in [0, 0.1) is 5.82 Å². The molecule has 1 heterocycles. The van der Waals surface area contributed by atoms with Crippen molar-refractivity contribution in [3.63, 3.8) is 0 Å². The normalized spacial score (nSPS) is 24.6. The predicted octanol–water partition coefficient (Wildman–Crippen LogP) is 2.19. The minimum absolute atomic E-state index is 0.277. The Hall–Kier alpha value is -1.16. The fourth-order valence-corrected chi connectivity index (χ4v) is 2.52. The zero-order valence-electron chi connectivity index (χ0n) is 10.5. The van der Waals surface area contributed by atoms with Gasteiger partial charge in [-0.1, -0.05) is 0 Å². The molecular weight excluding hydrogens is 217 g/mol. The van der Waals surface area contributed by atoms with E-state index in [0.29, 0.717) is 12.1 Å². The molecule has 1 fully saturated rings. The second kappa shape index (κ2) is 5.45. The zero-order chi connectivity index (χ0) is 12.3. The van der Waals surface area contributed by atoms with Gasteiger partial charge in [-0.25, -0.2) is 9.37 Å². The molecule has 0 aliphatic heterocycles. The summed E-state index contributed by atoms with van der Waals surface area (Å²) >= 11 is 0. The molecule has 1 N–H and O–H groups in total. The number of hydrogen-bond donors (Lipinski definition) is 1. The third-order valence-electron chi connectivity index (χ3n) is 3.73. The minimum Gasteiger partial charge on any atom is -0.357 e. The van der Waals surface area contributed by atoms with Crippen LogP contribution in [-0.2, 0) is 0 Å². The van der Waals surface area contributed by atoms with Crippen molar-refractivity contribution in [2.45, 2.75) is 37.8 Å². The van der Waals surface area contributed by atoms with Crippen LogP contribution < -0.4 is 10.2 Å². The second-order valence-electron chi connectivity index (χ2n) is 4.74. The van der Waals surface area contributed by atoms with Gasteiger partial charge < -0.3 is 10.2 Å². The molecule has 3 nitrogen and oxygen atoms in total. The van der Waals surface area contributed by atoms with Crippen LogP contribution >= 0.6 is 0 Å². The maximum Gasteiger partial charge on any atom is 0.141 e. The summed E-state index contributed by atoms with van der Waals surface area (Å²) in [7, 11) is 4.07. The minimum atomic E-state index is -0.277. The Morgan fingerprint density at radius 3 is 2.53 bits per heavy atom. The molecule has 0 saturated heterocycles. The summed E-state index contributed by atoms with van der Waals surface area (Å²) in [6, 6.07) is 4.40. The van der Waals surface area contributed by atoms with E-state index in [4.69, 9.17) is 0 Å². The maximum atomic E-state index is 12.8. The smallest absolute Gasteiger partial charge is 0.141 e. The Bertz CT molecular complexity index is 344. The van der Waals surface area contributed by atoms with Gasteiger partial charge in [-0.2, -0.15) is 0 Å². The van der Waals surface area contributed by atoms with Crippen molar-refractivity contribution in [1.29, 1.82) is 0 Å². The van der Waals surface area contributed by atoms with E-state index in [1.165, 1.54) is 37.9 Å². The average Bonchev–Trinajstić information content (AvgIpc) is 2.39. The number of hydrogen-bond acceptors (Lipinski definition) is 3. The average molecular weight is 237 g/mol. The van der Waals surface area contributed by atoms with Crippen LogP contribution in [0.4, 0.5) is 10.2 Å². The van der Waals surface area contributed by atoms with Crippen LogP contribution in [0.25, 0.3) is 0 Å². The lowest BCUT2D eigenvalue weighted by atomic mass is 9.90. The number of nitrogens with one attached hydrogen (secondary N) is 1. The summed E-state index contributed by atoms with van der Waals surface area (Å²) in [4.78, 5) is 6.30. The van der Waals surface area contributed by atoms with Crippen LogP contribution in [0.5, 0.6) is 0 Å². The lowest BCUT2D eigenvalue weighted by Gasteiger charge is -2.35. The van der Waals surface area contributed by atoms with E-state index in [1.807, 2.05) is 14.1 Å². The Morgan fingerprint density at radius 1 is 1.29 bits per heavy atom. The molecule has 4 heteroatoms. The molecule has 0 atom stereocenters. The largest absolute Gasteiger partial charge is 0.357 e. The van der Waals surface area contributed by atoms with Crippen LogP contribution in [0.1, 0.15) is 25.7 Å². The van der Waals surface area contributed by atoms with E-state index in [2.05, 4.69) is 15.2 Å². The molecule has 1 aromatic rings. The van der Waals surface area contributed by atoms with Crippen molar-refractivity contribution in [3.8, 4) is 0 Å². The fourth-order valence-electron chi connectivity index (χ4n) is 2.52. The Labute approximate surface area is 102 Å². The monoisotopic (exact) mass is 237 g/mol. The first-order chi connectivity index (χ1) is 8.20. The van der Waals surface area contributed by atoms with E-state index in [-0.39, 0.29) is 5.82 Å². The first-order valence-electron chi connectivity index (χ1n) is 6.22. The van der Waals surface area contributed by atoms with Crippen LogP contribution in [0.15, 0.2) is 18.3 Å². The first kappa shape index (κ1) is 12.3. The third kappa shape index (κ3) is 2.94. The lowest BCUT2D eigenvalue weighted by Crippen LogP contribution is -2.40. The lowest BCUT2D eigenvalue weighted by molar-refractivity contribution is 0.350. The van der Waals surface area contributed by atoms with E-state index in [9.17, 15) is 4.39 Å². The Balaban J connectivity index is 1.96. The molecule has 0 unspecified atom stereocenters. The molecule has 0 spiro atoms. The number of halogens is 1. The van der Waals surface area contributed by atoms with E-state index in [0.717, 1.165) is 5.82 Å². The van der Waals surface area contributed by atoms with Gasteiger partial charge in [-0.3, -0.25) is 0 Å². The van der Waals surface area contributed by atoms with E-state index >= 15 is 0 Å². The number of nitrogens with zero attached hydrogens (tertiary/aromatic N) is 2. The van der Waals surface area contributed by atoms with Gasteiger partial charge in [0.2, 0.25) is 0 Å². The van der Waals surface area contributed by atoms with Gasteiger partial charge in [0.1, 0.15) is 11.6 Å². The highest BCUT2D eigenvalue weighted by atomic mass is 19.1. The number of rotatable bonds is 3. The van der Waals surface area contributed by atoms with Gasteiger partial charge in [0, 0.05) is 19.1 Å². The van der Waals surface area contributed by atoms with Gasteiger partial charge in [-0.15, -0.1) is 0 Å². The molecular formula is C13H20FN3. The van der Waals surface area contributed by atoms with Crippen molar-refractivity contribution in [1.82, 2.24) is 10.3 Å². The molecule has 1 aromatic heterocycles. The van der Waals surface area contributed by atoms with Crippen LogP contribution in [0.3, 0.4) is 0 Å². The summed E-state index contributed by atoms with van der Waals surface area (Å²) in [5, 5.41) is 3.33. The van der Waals surface area contributed by atoms with Crippen molar-refractivity contribution < 1.29 is 4.39 Å². The molecule has 17 heavy (non-hydrogen) atoms. The molecule has 2 rings (SSSR count). The summed E-state index contributed by atoms with van der Waals surface area (Å²) in [5.74, 6) is 0.584. The highest BCUT2D eigenvalue weighted by Crippen LogP contribution is 2.25. The fraction of sp³-hybridized carbons (Fsp3) is 0.615. The van der Waals surface area contributed by atoms with Crippen molar-refractivity contribution in [3.05, 3.63) is 24.1 Å². The molecule has 1 saturated carbocycles. The standard InChI is InChI=1S/C13H20FN3/c1-15-11-4-6-12(7-5-11)17(2)13-8-3-10(14)9-16-13/h3,8-9,11-12,15H,4-7H2,1-2H3. The predicted molar refractivity (Wildman–Crippen MR) is 67.7 cm³/mol. The highest BCUT2D eigenvalue weighted by molar-refractivity contribution is 5.38. The highest BCUT2D eigenvalue weighted by Gasteiger charge is 2.23. The molecule has 94 valence electrons. The van der Waals surface area contributed by atoms with Crippen molar-refractivity contribution >= 4 is 5.82 Å². The van der Waals surface area contributed by atoms with E-state index < -0.39 is 0 Å². The first-order valence-corrected chi connectivity index (χ1v) is 6.22. The van der Waals surface area contributed by atoms with Crippen molar-refractivity contribution in [2.75, 3.05) is 19.0 Å². The summed E-state index contributed by atoms with van der Waals surface area (Å²) in [5.41, 5.74) is 0. The number of pyridine rings is 1. The summed E-state index contributed by atoms with van der Waals surface area (Å²) < 4.78 is 12.8. The van der Waals surface area contributed by atoms with Gasteiger partial charge in [-0.05, 0) is 44.9 Å². The molecule has 0 radical (unpaired) electrons. The summed E-state index contributed by atoms with van der Waals surface area (Å²) in [6.45, 7) is 0. The molecule has 1 aliphatic carbocycles. The van der Waals surface area contributed by atoms with E-state index in [1.54, 1.807) is 6.07 Å². The Kier molecular flexibility index (Phi) is 3.94. The molecule has 0 bridgehead atoms. The number of anilines is 1.